The summed E-state index contributed by atoms with van der Waals surface area (Å²) >= 11 is 0. The van der Waals surface area contributed by atoms with Gasteiger partial charge in [0.05, 0.1) is 23.7 Å². The van der Waals surface area contributed by atoms with E-state index in [2.05, 4.69) is 20.2 Å². The second kappa shape index (κ2) is 13.1. The van der Waals surface area contributed by atoms with E-state index in [-0.39, 0.29) is 17.9 Å². The number of aryl methyl sites for hydroxylation is 2. The number of aliphatic hydroxyl groups is 1. The van der Waals surface area contributed by atoms with E-state index in [1.165, 1.54) is 0 Å². The highest BCUT2D eigenvalue weighted by Gasteiger charge is 2.43. The molecule has 1 aliphatic rings. The normalized spacial score (nSPS) is 20.5. The molecule has 1 aromatic heterocycles. The van der Waals surface area contributed by atoms with E-state index in [1.54, 1.807) is 19.2 Å². The number of fused-ring (bicyclic) bond motifs is 1. The summed E-state index contributed by atoms with van der Waals surface area (Å²) in [4.78, 5) is 42.3. The number of ether oxygens (including phenoxy) is 1. The van der Waals surface area contributed by atoms with Crippen LogP contribution in [0.1, 0.15) is 59.8 Å². The average Bonchev–Trinajstić information content (AvgIpc) is 2.91. The van der Waals surface area contributed by atoms with Crippen molar-refractivity contribution in [2.45, 2.75) is 58.1 Å². The fourth-order valence-electron chi connectivity index (χ4n) is 5.15. The quantitative estimate of drug-likeness (QED) is 0.349. The SMILES string of the molecule is CCC(=O)NC1CCC(O)(c2cccc(OC)c2)C(CN(C)C)C1.Cc1cc2nc(C(=O)O)c(=O)[nH]c2cc1C. The van der Waals surface area contributed by atoms with Crippen LogP contribution in [0.4, 0.5) is 0 Å². The highest BCUT2D eigenvalue weighted by atomic mass is 16.5. The third-order valence-electron chi connectivity index (χ3n) is 7.47. The first-order valence-electron chi connectivity index (χ1n) is 13.4. The first-order chi connectivity index (χ1) is 18.9. The molecule has 0 aliphatic heterocycles. The van der Waals surface area contributed by atoms with Gasteiger partial charge in [-0.2, -0.15) is 0 Å². The summed E-state index contributed by atoms with van der Waals surface area (Å²) in [5.41, 5.74) is 1.91. The molecule has 0 saturated heterocycles. The number of H-pyrrole nitrogens is 1. The Morgan fingerprint density at radius 3 is 2.52 bits per heavy atom. The monoisotopic (exact) mass is 552 g/mol. The molecule has 3 unspecified atom stereocenters. The van der Waals surface area contributed by atoms with Crippen LogP contribution in [0.5, 0.6) is 5.75 Å². The van der Waals surface area contributed by atoms with Crippen LogP contribution >= 0.6 is 0 Å². The van der Waals surface area contributed by atoms with Gasteiger partial charge in [0.2, 0.25) is 11.6 Å². The predicted molar refractivity (Wildman–Crippen MR) is 154 cm³/mol. The molecule has 4 N–H and O–H groups in total. The van der Waals surface area contributed by atoms with E-state index in [1.807, 2.05) is 59.1 Å². The molecule has 4 rings (SSSR count). The summed E-state index contributed by atoms with van der Waals surface area (Å²) < 4.78 is 5.32. The molecule has 1 aliphatic carbocycles. The molecule has 0 radical (unpaired) electrons. The van der Waals surface area contributed by atoms with Gasteiger partial charge in [-0.15, -0.1) is 0 Å². The van der Waals surface area contributed by atoms with Crippen LogP contribution in [0.25, 0.3) is 11.0 Å². The van der Waals surface area contributed by atoms with Crippen LogP contribution in [-0.2, 0) is 10.4 Å². The van der Waals surface area contributed by atoms with Crippen LogP contribution in [0.3, 0.4) is 0 Å². The summed E-state index contributed by atoms with van der Waals surface area (Å²) in [6, 6.07) is 11.4. The number of carbonyl (C=O) groups excluding carboxylic acids is 1. The van der Waals surface area contributed by atoms with Gasteiger partial charge in [0, 0.05) is 24.9 Å². The Labute approximate surface area is 234 Å². The molecule has 3 atom stereocenters. The van der Waals surface area contributed by atoms with Crippen molar-refractivity contribution in [3.63, 3.8) is 0 Å². The lowest BCUT2D eigenvalue weighted by molar-refractivity contribution is -0.123. The zero-order valence-corrected chi connectivity index (χ0v) is 24.1. The maximum atomic E-state index is 11.7. The average molecular weight is 553 g/mol. The van der Waals surface area contributed by atoms with Gasteiger partial charge in [0.1, 0.15) is 5.75 Å². The largest absolute Gasteiger partial charge is 0.497 e. The number of hydrogen-bond donors (Lipinski definition) is 4. The van der Waals surface area contributed by atoms with Crippen molar-refractivity contribution in [2.24, 2.45) is 5.92 Å². The smallest absolute Gasteiger partial charge is 0.360 e. The molecule has 216 valence electrons. The molecule has 0 spiro atoms. The number of aromatic nitrogens is 2. The van der Waals surface area contributed by atoms with Crippen molar-refractivity contribution < 1.29 is 24.5 Å². The Hall–Kier alpha value is -3.76. The topological polar surface area (TPSA) is 145 Å². The minimum Gasteiger partial charge on any atom is -0.497 e. The fraction of sp³-hybridized carbons (Fsp3) is 0.467. The van der Waals surface area contributed by atoms with Gasteiger partial charge in [0.25, 0.3) is 5.56 Å². The van der Waals surface area contributed by atoms with E-state index >= 15 is 0 Å². The van der Waals surface area contributed by atoms with Crippen LogP contribution in [0, 0.1) is 19.8 Å². The molecular weight excluding hydrogens is 512 g/mol. The van der Waals surface area contributed by atoms with Crippen LogP contribution in [0.15, 0.2) is 41.2 Å². The molecule has 10 nitrogen and oxygen atoms in total. The highest BCUT2D eigenvalue weighted by Crippen LogP contribution is 2.43. The fourth-order valence-corrected chi connectivity index (χ4v) is 5.15. The van der Waals surface area contributed by atoms with Crippen LogP contribution in [0.2, 0.25) is 0 Å². The summed E-state index contributed by atoms with van der Waals surface area (Å²) in [5, 5.41) is 23.3. The molecule has 10 heteroatoms. The second-order valence-corrected chi connectivity index (χ2v) is 10.7. The molecule has 40 heavy (non-hydrogen) atoms. The van der Waals surface area contributed by atoms with Crippen LogP contribution in [-0.4, -0.2) is 70.7 Å². The van der Waals surface area contributed by atoms with Crippen molar-refractivity contribution in [1.29, 1.82) is 0 Å². The maximum absolute atomic E-state index is 11.7. The molecule has 1 saturated carbocycles. The molecule has 0 bridgehead atoms. The number of carboxylic acids is 1. The Balaban J connectivity index is 0.000000238. The lowest BCUT2D eigenvalue weighted by Crippen LogP contribution is -2.50. The first-order valence-corrected chi connectivity index (χ1v) is 13.4. The van der Waals surface area contributed by atoms with E-state index in [0.717, 1.165) is 41.8 Å². The molecular formula is C30H40N4O6. The number of aromatic carboxylic acids is 1. The van der Waals surface area contributed by atoms with Crippen molar-refractivity contribution >= 4 is 22.9 Å². The number of hydrogen-bond acceptors (Lipinski definition) is 7. The first kappa shape index (κ1) is 30.8. The summed E-state index contributed by atoms with van der Waals surface area (Å²) in [5.74, 6) is -0.432. The van der Waals surface area contributed by atoms with Gasteiger partial charge in [-0.25, -0.2) is 9.78 Å². The zero-order valence-electron chi connectivity index (χ0n) is 24.1. The van der Waals surface area contributed by atoms with Gasteiger partial charge in [-0.05, 0) is 88.2 Å². The number of carboxylic acid groups (broad SMARTS) is 1. The lowest BCUT2D eigenvalue weighted by Gasteiger charge is -2.44. The molecule has 2 aromatic carbocycles. The number of carbonyl (C=O) groups is 2. The maximum Gasteiger partial charge on any atom is 0.360 e. The third kappa shape index (κ3) is 7.25. The van der Waals surface area contributed by atoms with Crippen molar-refractivity contribution in [3.05, 3.63) is 69.1 Å². The highest BCUT2D eigenvalue weighted by molar-refractivity contribution is 5.88. The predicted octanol–water partition coefficient (Wildman–Crippen LogP) is 3.38. The number of amides is 1. The molecule has 1 amide bonds. The number of nitrogens with zero attached hydrogens (tertiary/aromatic N) is 2. The Bertz CT molecular complexity index is 1420. The van der Waals surface area contributed by atoms with Crippen molar-refractivity contribution in [1.82, 2.24) is 20.2 Å². The van der Waals surface area contributed by atoms with E-state index in [4.69, 9.17) is 9.84 Å². The van der Waals surface area contributed by atoms with E-state index < -0.39 is 22.8 Å². The number of rotatable bonds is 7. The van der Waals surface area contributed by atoms with Gasteiger partial charge in [-0.3, -0.25) is 9.59 Å². The van der Waals surface area contributed by atoms with Gasteiger partial charge in [-0.1, -0.05) is 19.1 Å². The number of aromatic amines is 1. The van der Waals surface area contributed by atoms with E-state index in [9.17, 15) is 19.5 Å². The second-order valence-electron chi connectivity index (χ2n) is 10.7. The molecule has 1 heterocycles. The number of benzene rings is 2. The third-order valence-corrected chi connectivity index (χ3v) is 7.47. The Morgan fingerprint density at radius 2 is 1.90 bits per heavy atom. The minimum atomic E-state index is -1.32. The number of methoxy groups -OCH3 is 1. The lowest BCUT2D eigenvalue weighted by atomic mass is 9.69. The Kier molecular flexibility index (Phi) is 10.1. The van der Waals surface area contributed by atoms with Gasteiger partial charge in [0.15, 0.2) is 0 Å². The molecule has 3 aromatic rings. The minimum absolute atomic E-state index is 0.0514. The Morgan fingerprint density at radius 1 is 1.20 bits per heavy atom. The van der Waals surface area contributed by atoms with Crippen molar-refractivity contribution in [3.8, 4) is 5.75 Å². The summed E-state index contributed by atoms with van der Waals surface area (Å²) in [6.45, 7) is 6.45. The zero-order chi connectivity index (χ0) is 29.6. The number of nitrogens with one attached hydrogen (secondary N) is 2. The summed E-state index contributed by atoms with van der Waals surface area (Å²) in [6.07, 6.45) is 2.68. The summed E-state index contributed by atoms with van der Waals surface area (Å²) in [7, 11) is 5.66. The van der Waals surface area contributed by atoms with Gasteiger partial charge >= 0.3 is 5.97 Å². The van der Waals surface area contributed by atoms with Crippen LogP contribution < -0.4 is 15.6 Å². The molecule has 1 fully saturated rings. The van der Waals surface area contributed by atoms with Gasteiger partial charge < -0.3 is 30.2 Å². The van der Waals surface area contributed by atoms with E-state index in [0.29, 0.717) is 23.9 Å². The van der Waals surface area contributed by atoms with Crippen molar-refractivity contribution in [2.75, 3.05) is 27.7 Å². The standard InChI is InChI=1S/C19H30N2O3.C11H10N2O3/c1-5-18(22)20-16-9-10-19(23,15(11-16)13-21(2)3)14-7-6-8-17(12-14)24-4;1-5-3-7-8(4-6(5)2)13-10(14)9(12-7)11(15)16/h6-8,12,15-16,23H,5,9-11,13H2,1-4H3,(H,20,22);3-4H,1-2H3,(H,13,14)(H,15,16).